The minimum absolute atomic E-state index is 0.0672. The van der Waals surface area contributed by atoms with Crippen LogP contribution in [0.5, 0.6) is 0 Å². The number of carbonyl (C=O) groups is 1. The van der Waals surface area contributed by atoms with Crippen LogP contribution in [0, 0.1) is 0 Å². The zero-order valence-electron chi connectivity index (χ0n) is 9.57. The Morgan fingerprint density at radius 3 is 2.53 bits per heavy atom. The van der Waals surface area contributed by atoms with Crippen molar-refractivity contribution in [2.45, 2.75) is 39.5 Å². The third-order valence-corrected chi connectivity index (χ3v) is 2.21. The molecular formula is C10H21N3O2. The molecule has 1 amide bonds. The Kier molecular flexibility index (Phi) is 7.40. The van der Waals surface area contributed by atoms with E-state index in [1.165, 1.54) is 0 Å². The molecule has 0 heterocycles. The maximum absolute atomic E-state index is 11.6. The fourth-order valence-electron chi connectivity index (χ4n) is 1.29. The highest BCUT2D eigenvalue weighted by molar-refractivity contribution is 5.86. The second-order valence-corrected chi connectivity index (χ2v) is 3.46. The van der Waals surface area contributed by atoms with Crippen LogP contribution in [0.15, 0.2) is 5.16 Å². The maximum Gasteiger partial charge on any atom is 0.222 e. The number of nitrogens with zero attached hydrogens (tertiary/aromatic N) is 2. The Morgan fingerprint density at radius 1 is 1.40 bits per heavy atom. The average Bonchev–Trinajstić information content (AvgIpc) is 2.25. The Balaban J connectivity index is 3.99. The van der Waals surface area contributed by atoms with Crippen molar-refractivity contribution < 1.29 is 10.0 Å². The van der Waals surface area contributed by atoms with E-state index in [9.17, 15) is 4.79 Å². The first-order valence-electron chi connectivity index (χ1n) is 5.39. The second-order valence-electron chi connectivity index (χ2n) is 3.46. The summed E-state index contributed by atoms with van der Waals surface area (Å²) in [7, 11) is 0. The van der Waals surface area contributed by atoms with E-state index in [1.54, 1.807) is 4.90 Å². The third-order valence-electron chi connectivity index (χ3n) is 2.21. The van der Waals surface area contributed by atoms with Crippen molar-refractivity contribution in [3.05, 3.63) is 0 Å². The van der Waals surface area contributed by atoms with E-state index in [0.29, 0.717) is 13.0 Å². The lowest BCUT2D eigenvalue weighted by atomic mass is 10.2. The van der Waals surface area contributed by atoms with Gasteiger partial charge in [0.05, 0.1) is 6.54 Å². The smallest absolute Gasteiger partial charge is 0.222 e. The number of likely N-dealkylation sites (N-methyl/N-ethyl adjacent to an activating group) is 1. The first-order chi connectivity index (χ1) is 7.15. The number of rotatable bonds is 7. The van der Waals surface area contributed by atoms with E-state index in [4.69, 9.17) is 10.9 Å². The lowest BCUT2D eigenvalue weighted by Crippen LogP contribution is -2.38. The summed E-state index contributed by atoms with van der Waals surface area (Å²) in [6.45, 7) is 4.76. The molecule has 0 radical (unpaired) electrons. The van der Waals surface area contributed by atoms with Gasteiger partial charge in [-0.2, -0.15) is 0 Å². The van der Waals surface area contributed by atoms with E-state index in [-0.39, 0.29) is 18.3 Å². The van der Waals surface area contributed by atoms with Gasteiger partial charge in [-0.1, -0.05) is 24.9 Å². The van der Waals surface area contributed by atoms with E-state index >= 15 is 0 Å². The van der Waals surface area contributed by atoms with E-state index in [1.807, 2.05) is 6.92 Å². The summed E-state index contributed by atoms with van der Waals surface area (Å²) < 4.78 is 0. The van der Waals surface area contributed by atoms with Gasteiger partial charge in [-0.3, -0.25) is 4.79 Å². The van der Waals surface area contributed by atoms with Gasteiger partial charge in [0.2, 0.25) is 5.91 Å². The minimum Gasteiger partial charge on any atom is -0.409 e. The summed E-state index contributed by atoms with van der Waals surface area (Å²) in [6, 6.07) is 0. The normalized spacial score (nSPS) is 11.5. The molecule has 0 aliphatic carbocycles. The Hall–Kier alpha value is -1.26. The molecule has 0 fully saturated rings. The summed E-state index contributed by atoms with van der Waals surface area (Å²) in [5.74, 6) is 0.137. The molecular weight excluding hydrogens is 194 g/mol. The first kappa shape index (κ1) is 13.7. The number of hydrogen-bond donors (Lipinski definition) is 2. The molecule has 0 aliphatic rings. The maximum atomic E-state index is 11.6. The molecule has 88 valence electrons. The van der Waals surface area contributed by atoms with Crippen LogP contribution in [0.3, 0.4) is 0 Å². The summed E-state index contributed by atoms with van der Waals surface area (Å²) >= 11 is 0. The van der Waals surface area contributed by atoms with Gasteiger partial charge in [0.15, 0.2) is 5.84 Å². The fourth-order valence-corrected chi connectivity index (χ4v) is 1.29. The van der Waals surface area contributed by atoms with Crippen LogP contribution in [0.1, 0.15) is 39.5 Å². The van der Waals surface area contributed by atoms with Crippen LogP contribution in [-0.2, 0) is 4.79 Å². The summed E-state index contributed by atoms with van der Waals surface area (Å²) in [5, 5.41) is 11.3. The van der Waals surface area contributed by atoms with Crippen molar-refractivity contribution in [1.82, 2.24) is 4.90 Å². The Morgan fingerprint density at radius 2 is 2.07 bits per heavy atom. The third kappa shape index (κ3) is 5.93. The SMILES string of the molecule is CCCCCC(=O)N(CC)CC(N)=NO. The number of amides is 1. The summed E-state index contributed by atoms with van der Waals surface area (Å²) in [4.78, 5) is 13.2. The molecule has 0 saturated heterocycles. The highest BCUT2D eigenvalue weighted by Crippen LogP contribution is 2.02. The Bertz CT molecular complexity index is 217. The van der Waals surface area contributed by atoms with Gasteiger partial charge in [-0.25, -0.2) is 0 Å². The fraction of sp³-hybridized carbons (Fsp3) is 0.800. The topological polar surface area (TPSA) is 78.9 Å². The zero-order chi connectivity index (χ0) is 11.7. The molecule has 0 rings (SSSR count). The molecule has 0 saturated carbocycles. The number of hydrogen-bond acceptors (Lipinski definition) is 3. The van der Waals surface area contributed by atoms with Crippen LogP contribution in [-0.4, -0.2) is 34.9 Å². The molecule has 0 atom stereocenters. The van der Waals surface area contributed by atoms with Gasteiger partial charge in [-0.15, -0.1) is 0 Å². The molecule has 0 spiro atoms. The summed E-state index contributed by atoms with van der Waals surface area (Å²) in [6.07, 6.45) is 3.61. The molecule has 5 nitrogen and oxygen atoms in total. The van der Waals surface area contributed by atoms with Gasteiger partial charge in [0.25, 0.3) is 0 Å². The van der Waals surface area contributed by atoms with E-state index in [0.717, 1.165) is 19.3 Å². The van der Waals surface area contributed by atoms with Crippen molar-refractivity contribution in [2.75, 3.05) is 13.1 Å². The predicted octanol–water partition coefficient (Wildman–Crippen LogP) is 1.16. The highest BCUT2D eigenvalue weighted by Gasteiger charge is 2.12. The lowest BCUT2D eigenvalue weighted by molar-refractivity contribution is -0.130. The number of unbranched alkanes of at least 4 members (excludes halogenated alkanes) is 2. The minimum atomic E-state index is 0.0672. The molecule has 0 unspecified atom stereocenters. The zero-order valence-corrected chi connectivity index (χ0v) is 9.57. The number of oxime groups is 1. The van der Waals surface area contributed by atoms with Crippen molar-refractivity contribution in [2.24, 2.45) is 10.9 Å². The predicted molar refractivity (Wildman–Crippen MR) is 59.8 cm³/mol. The largest absolute Gasteiger partial charge is 0.409 e. The standard InChI is InChI=1S/C10H21N3O2/c1-3-5-6-7-10(14)13(4-2)8-9(11)12-15/h15H,3-8H2,1-2H3,(H2,11,12). The average molecular weight is 215 g/mol. The van der Waals surface area contributed by atoms with Gasteiger partial charge < -0.3 is 15.8 Å². The molecule has 0 aromatic heterocycles. The molecule has 0 aromatic rings. The van der Waals surface area contributed by atoms with Crippen molar-refractivity contribution >= 4 is 11.7 Å². The quantitative estimate of drug-likeness (QED) is 0.220. The highest BCUT2D eigenvalue weighted by atomic mass is 16.4. The monoisotopic (exact) mass is 215 g/mol. The second kappa shape index (κ2) is 8.08. The van der Waals surface area contributed by atoms with Gasteiger partial charge in [-0.05, 0) is 13.3 Å². The van der Waals surface area contributed by atoms with E-state index < -0.39 is 0 Å². The molecule has 5 heteroatoms. The van der Waals surface area contributed by atoms with Crippen LogP contribution >= 0.6 is 0 Å². The van der Waals surface area contributed by atoms with E-state index in [2.05, 4.69) is 12.1 Å². The molecule has 0 bridgehead atoms. The van der Waals surface area contributed by atoms with Crippen molar-refractivity contribution in [3.8, 4) is 0 Å². The number of amidine groups is 1. The molecule has 0 aromatic carbocycles. The van der Waals surface area contributed by atoms with Crippen molar-refractivity contribution in [1.29, 1.82) is 0 Å². The lowest BCUT2D eigenvalue weighted by Gasteiger charge is -2.19. The number of carbonyl (C=O) groups excluding carboxylic acids is 1. The Labute approximate surface area is 90.9 Å². The van der Waals surface area contributed by atoms with Crippen LogP contribution < -0.4 is 5.73 Å². The molecule has 3 N–H and O–H groups in total. The number of nitrogens with two attached hydrogens (primary N) is 1. The van der Waals surface area contributed by atoms with Gasteiger partial charge in [0.1, 0.15) is 0 Å². The van der Waals surface area contributed by atoms with Crippen molar-refractivity contribution in [3.63, 3.8) is 0 Å². The van der Waals surface area contributed by atoms with Crippen LogP contribution in [0.25, 0.3) is 0 Å². The van der Waals surface area contributed by atoms with Gasteiger partial charge in [0, 0.05) is 13.0 Å². The molecule has 0 aliphatic heterocycles. The summed E-state index contributed by atoms with van der Waals surface area (Å²) in [5.41, 5.74) is 5.35. The van der Waals surface area contributed by atoms with Crippen LogP contribution in [0.2, 0.25) is 0 Å². The van der Waals surface area contributed by atoms with Crippen LogP contribution in [0.4, 0.5) is 0 Å². The molecule has 15 heavy (non-hydrogen) atoms. The first-order valence-corrected chi connectivity index (χ1v) is 5.39. The van der Waals surface area contributed by atoms with Gasteiger partial charge >= 0.3 is 0 Å².